The molecule has 1 amide bonds. The Kier molecular flexibility index (Phi) is 6.59. The highest BCUT2D eigenvalue weighted by atomic mass is 35.5. The summed E-state index contributed by atoms with van der Waals surface area (Å²) in [4.78, 5) is 12.4. The summed E-state index contributed by atoms with van der Waals surface area (Å²) in [5, 5.41) is 3.48. The lowest BCUT2D eigenvalue weighted by molar-refractivity contribution is 0.0938. The van der Waals surface area contributed by atoms with E-state index < -0.39 is 11.4 Å². The minimum atomic E-state index is -1.16. The van der Waals surface area contributed by atoms with Crippen molar-refractivity contribution in [2.45, 2.75) is 70.2 Å². The Bertz CT molecular complexity index is 583. The molecule has 1 saturated carbocycles. The van der Waals surface area contributed by atoms with E-state index in [1.807, 2.05) is 33.8 Å². The van der Waals surface area contributed by atoms with Gasteiger partial charge in [0.15, 0.2) is 0 Å². The molecule has 1 aliphatic rings. The van der Waals surface area contributed by atoms with E-state index in [0.717, 1.165) is 18.4 Å². The van der Waals surface area contributed by atoms with Crippen molar-refractivity contribution in [3.63, 3.8) is 0 Å². The summed E-state index contributed by atoms with van der Waals surface area (Å²) in [7, 11) is 0. The second-order valence-electron chi connectivity index (χ2n) is 7.41. The van der Waals surface area contributed by atoms with E-state index in [9.17, 15) is 9.35 Å². The molecular weight excluding hydrogens is 344 g/mol. The van der Waals surface area contributed by atoms with Crippen LogP contribution in [0.3, 0.4) is 0 Å². The molecule has 0 aliphatic heterocycles. The molecule has 6 heteroatoms. The van der Waals surface area contributed by atoms with Crippen LogP contribution in [0, 0.1) is 0 Å². The molecule has 2 atom stereocenters. The molecule has 0 spiro atoms. The van der Waals surface area contributed by atoms with Crippen molar-refractivity contribution in [1.29, 1.82) is 0 Å². The van der Waals surface area contributed by atoms with Crippen LogP contribution in [0.25, 0.3) is 0 Å². The zero-order valence-corrected chi connectivity index (χ0v) is 16.4. The molecule has 0 aromatic heterocycles. The highest BCUT2D eigenvalue weighted by molar-refractivity contribution is 7.90. The Hall–Kier alpha value is -0.750. The molecule has 0 saturated heterocycles. The fourth-order valence-electron chi connectivity index (χ4n) is 2.72. The second kappa shape index (κ2) is 8.09. The van der Waals surface area contributed by atoms with Gasteiger partial charge in [-0.2, -0.15) is 0 Å². The summed E-state index contributed by atoms with van der Waals surface area (Å²) < 4.78 is 15.0. The van der Waals surface area contributed by atoms with E-state index in [2.05, 4.69) is 10.0 Å². The third-order valence-corrected chi connectivity index (χ3v) is 6.26. The number of amides is 1. The maximum Gasteiger partial charge on any atom is 0.253 e. The zero-order chi connectivity index (χ0) is 17.9. The Balaban J connectivity index is 2.04. The fourth-order valence-corrected chi connectivity index (χ4v) is 3.81. The maximum absolute atomic E-state index is 12.4. The zero-order valence-electron chi connectivity index (χ0n) is 14.8. The fraction of sp³-hybridized carbons (Fsp3) is 0.611. The number of carbonyl (C=O) groups excluding carboxylic acids is 1. The van der Waals surface area contributed by atoms with E-state index in [0.29, 0.717) is 10.6 Å². The van der Waals surface area contributed by atoms with E-state index in [-0.39, 0.29) is 22.7 Å². The van der Waals surface area contributed by atoms with Crippen LogP contribution in [0.5, 0.6) is 0 Å². The standard InChI is InChI=1S/C18H27ClN2O2S/c1-12(21-24(23)18(2,3)4)13-9-10-15(16(19)11-13)17(22)20-14-7-5-6-8-14/h9-12,14,21H,5-8H2,1-4H3,(H,20,22)/t12?,24-/m1/s1. The van der Waals surface area contributed by atoms with Gasteiger partial charge in [-0.3, -0.25) is 4.79 Å². The van der Waals surface area contributed by atoms with Gasteiger partial charge in [0.25, 0.3) is 5.91 Å². The first-order valence-corrected chi connectivity index (χ1v) is 9.99. The van der Waals surface area contributed by atoms with Crippen LogP contribution in [0.4, 0.5) is 0 Å². The Morgan fingerprint density at radius 2 is 1.96 bits per heavy atom. The average Bonchev–Trinajstić information content (AvgIpc) is 2.98. The molecule has 1 aliphatic carbocycles. The molecule has 1 aromatic carbocycles. The first-order chi connectivity index (χ1) is 11.2. The van der Waals surface area contributed by atoms with Crippen molar-refractivity contribution in [2.24, 2.45) is 0 Å². The van der Waals surface area contributed by atoms with Gasteiger partial charge in [-0.15, -0.1) is 4.72 Å². The number of halogens is 1. The van der Waals surface area contributed by atoms with Gasteiger partial charge in [0.2, 0.25) is 0 Å². The smallest absolute Gasteiger partial charge is 0.253 e. The summed E-state index contributed by atoms with van der Waals surface area (Å²) in [6.07, 6.45) is 4.43. The van der Waals surface area contributed by atoms with Crippen molar-refractivity contribution in [3.05, 3.63) is 34.3 Å². The summed E-state index contributed by atoms with van der Waals surface area (Å²) in [5.41, 5.74) is 1.41. The molecule has 4 nitrogen and oxygen atoms in total. The van der Waals surface area contributed by atoms with Gasteiger partial charge in [-0.25, -0.2) is 0 Å². The minimum absolute atomic E-state index is 0.114. The van der Waals surface area contributed by atoms with Crippen molar-refractivity contribution in [1.82, 2.24) is 10.0 Å². The van der Waals surface area contributed by atoms with Crippen LogP contribution in [-0.4, -0.2) is 21.2 Å². The van der Waals surface area contributed by atoms with Crippen molar-refractivity contribution >= 4 is 28.9 Å². The molecule has 1 fully saturated rings. The number of hydrogen-bond donors (Lipinski definition) is 2. The van der Waals surface area contributed by atoms with Gasteiger partial charge in [0.1, 0.15) is 4.75 Å². The molecule has 1 unspecified atom stereocenters. The van der Waals surface area contributed by atoms with Gasteiger partial charge in [-0.05, 0) is 58.2 Å². The lowest BCUT2D eigenvalue weighted by Gasteiger charge is -2.26. The van der Waals surface area contributed by atoms with Gasteiger partial charge >= 0.3 is 0 Å². The van der Waals surface area contributed by atoms with E-state index in [1.165, 1.54) is 12.8 Å². The Labute approximate surface area is 153 Å². The predicted octanol–water partition coefficient (Wildman–Crippen LogP) is 4.13. The topological polar surface area (TPSA) is 64.2 Å². The van der Waals surface area contributed by atoms with Crippen LogP contribution < -0.4 is 10.0 Å². The van der Waals surface area contributed by atoms with Crippen LogP contribution >= 0.6 is 11.6 Å². The first-order valence-electron chi connectivity index (χ1n) is 8.47. The quantitative estimate of drug-likeness (QED) is 0.766. The minimum Gasteiger partial charge on any atom is -0.598 e. The largest absolute Gasteiger partial charge is 0.598 e. The van der Waals surface area contributed by atoms with Crippen LogP contribution in [0.15, 0.2) is 18.2 Å². The van der Waals surface area contributed by atoms with Gasteiger partial charge in [0, 0.05) is 17.4 Å². The number of rotatable bonds is 5. The van der Waals surface area contributed by atoms with Crippen molar-refractivity contribution < 1.29 is 9.35 Å². The molecule has 0 bridgehead atoms. The van der Waals surface area contributed by atoms with Crippen LogP contribution in [-0.2, 0) is 11.4 Å². The van der Waals surface area contributed by atoms with E-state index in [1.54, 1.807) is 12.1 Å². The molecule has 24 heavy (non-hydrogen) atoms. The Morgan fingerprint density at radius 1 is 1.33 bits per heavy atom. The maximum atomic E-state index is 12.4. The van der Waals surface area contributed by atoms with E-state index in [4.69, 9.17) is 11.6 Å². The molecule has 134 valence electrons. The number of nitrogens with one attached hydrogen (secondary N) is 2. The Morgan fingerprint density at radius 3 is 2.50 bits per heavy atom. The molecular formula is C18H27ClN2O2S. The molecule has 0 radical (unpaired) electrons. The average molecular weight is 371 g/mol. The third kappa shape index (κ3) is 5.12. The highest BCUT2D eigenvalue weighted by Gasteiger charge is 2.28. The van der Waals surface area contributed by atoms with Gasteiger partial charge in [-0.1, -0.05) is 30.5 Å². The number of carbonyl (C=O) groups is 1. The first kappa shape index (κ1) is 19.6. The third-order valence-electron chi connectivity index (χ3n) is 4.27. The molecule has 0 heterocycles. The second-order valence-corrected chi connectivity index (χ2v) is 9.82. The lowest BCUT2D eigenvalue weighted by atomic mass is 10.1. The van der Waals surface area contributed by atoms with Crippen molar-refractivity contribution in [2.75, 3.05) is 0 Å². The normalized spacial score (nSPS) is 18.4. The highest BCUT2D eigenvalue weighted by Crippen LogP contribution is 2.25. The predicted molar refractivity (Wildman–Crippen MR) is 101 cm³/mol. The monoisotopic (exact) mass is 370 g/mol. The number of hydrogen-bond acceptors (Lipinski definition) is 3. The summed E-state index contributed by atoms with van der Waals surface area (Å²) in [6.45, 7) is 7.71. The molecule has 1 aromatic rings. The molecule has 2 rings (SSSR count). The van der Waals surface area contributed by atoms with Gasteiger partial charge in [0.05, 0.1) is 16.6 Å². The lowest BCUT2D eigenvalue weighted by Crippen LogP contribution is -2.40. The summed E-state index contributed by atoms with van der Waals surface area (Å²) >= 11 is 5.15. The van der Waals surface area contributed by atoms with Crippen LogP contribution in [0.2, 0.25) is 5.02 Å². The summed E-state index contributed by atoms with van der Waals surface area (Å²) in [5.74, 6) is -0.114. The van der Waals surface area contributed by atoms with E-state index >= 15 is 0 Å². The summed E-state index contributed by atoms with van der Waals surface area (Å²) in [6, 6.07) is 5.55. The van der Waals surface area contributed by atoms with Crippen LogP contribution in [0.1, 0.15) is 75.3 Å². The number of benzene rings is 1. The van der Waals surface area contributed by atoms with Crippen molar-refractivity contribution in [3.8, 4) is 0 Å². The van der Waals surface area contributed by atoms with Gasteiger partial charge < -0.3 is 9.87 Å². The SMILES string of the molecule is CC(N[S@+]([O-])C(C)(C)C)c1ccc(C(=O)NC2CCCC2)c(Cl)c1. The molecule has 2 N–H and O–H groups in total.